The van der Waals surface area contributed by atoms with Crippen LogP contribution in [0.1, 0.15) is 30.0 Å². The van der Waals surface area contributed by atoms with E-state index in [0.29, 0.717) is 19.4 Å². The van der Waals surface area contributed by atoms with Crippen LogP contribution in [0.15, 0.2) is 89.8 Å². The molecule has 1 saturated heterocycles. The molecule has 0 aliphatic carbocycles. The number of sulfonamides is 1. The minimum Gasteiger partial charge on any atom is -0.345 e. The normalized spacial score (nSPS) is 17.2. The van der Waals surface area contributed by atoms with Crippen molar-refractivity contribution in [3.05, 3.63) is 102 Å². The van der Waals surface area contributed by atoms with Crippen LogP contribution in [0.3, 0.4) is 0 Å². The summed E-state index contributed by atoms with van der Waals surface area (Å²) in [6.45, 7) is 0.437. The highest BCUT2D eigenvalue weighted by molar-refractivity contribution is 7.89. The van der Waals surface area contributed by atoms with Crippen LogP contribution in [0, 0.1) is 11.7 Å². The number of hydrogen-bond acceptors (Lipinski definition) is 3. The van der Waals surface area contributed by atoms with Crippen LogP contribution < -0.4 is 5.32 Å². The van der Waals surface area contributed by atoms with E-state index >= 15 is 0 Å². The van der Waals surface area contributed by atoms with Gasteiger partial charge < -0.3 is 5.32 Å². The molecule has 0 radical (unpaired) electrons. The first kappa shape index (κ1) is 22.2. The van der Waals surface area contributed by atoms with Crippen LogP contribution in [0.4, 0.5) is 4.39 Å². The molecule has 1 aliphatic rings. The fourth-order valence-corrected chi connectivity index (χ4v) is 5.56. The van der Waals surface area contributed by atoms with Crippen molar-refractivity contribution in [2.24, 2.45) is 5.92 Å². The van der Waals surface area contributed by atoms with Gasteiger partial charge in [0, 0.05) is 13.1 Å². The van der Waals surface area contributed by atoms with Gasteiger partial charge in [0.2, 0.25) is 15.9 Å². The molecule has 0 saturated carbocycles. The number of benzene rings is 3. The second kappa shape index (κ2) is 9.63. The third-order valence-corrected chi connectivity index (χ3v) is 7.64. The molecule has 7 heteroatoms. The Morgan fingerprint density at radius 3 is 2.03 bits per heavy atom. The average Bonchev–Trinajstić information content (AvgIpc) is 2.84. The first-order valence-corrected chi connectivity index (χ1v) is 12.0. The number of halogens is 1. The molecule has 32 heavy (non-hydrogen) atoms. The predicted molar refractivity (Wildman–Crippen MR) is 121 cm³/mol. The van der Waals surface area contributed by atoms with Crippen LogP contribution in [-0.2, 0) is 14.8 Å². The maximum absolute atomic E-state index is 13.2. The van der Waals surface area contributed by atoms with Gasteiger partial charge >= 0.3 is 0 Å². The van der Waals surface area contributed by atoms with Crippen molar-refractivity contribution in [3.8, 4) is 0 Å². The maximum atomic E-state index is 13.2. The Bertz CT molecular complexity index is 1110. The molecule has 166 valence electrons. The van der Waals surface area contributed by atoms with Gasteiger partial charge in [-0.05, 0) is 48.2 Å². The van der Waals surface area contributed by atoms with E-state index in [9.17, 15) is 17.6 Å². The molecule has 1 N–H and O–H groups in total. The molecule has 1 atom stereocenters. The number of carbonyl (C=O) groups is 1. The third-order valence-electron chi connectivity index (χ3n) is 5.76. The fourth-order valence-electron chi connectivity index (χ4n) is 4.04. The highest BCUT2D eigenvalue weighted by atomic mass is 32.2. The second-order valence-electron chi connectivity index (χ2n) is 7.92. The lowest BCUT2D eigenvalue weighted by Crippen LogP contribution is -2.46. The Hall–Kier alpha value is -3.03. The number of carbonyl (C=O) groups excluding carboxylic acids is 1. The van der Waals surface area contributed by atoms with Gasteiger partial charge in [-0.15, -0.1) is 0 Å². The van der Waals surface area contributed by atoms with Crippen molar-refractivity contribution in [1.29, 1.82) is 0 Å². The molecule has 1 heterocycles. The maximum Gasteiger partial charge on any atom is 0.243 e. The molecule has 3 aromatic carbocycles. The van der Waals surface area contributed by atoms with E-state index in [1.165, 1.54) is 16.4 Å². The minimum absolute atomic E-state index is 0.0337. The van der Waals surface area contributed by atoms with Gasteiger partial charge in [-0.25, -0.2) is 12.8 Å². The van der Waals surface area contributed by atoms with E-state index in [4.69, 9.17) is 0 Å². The fraction of sp³-hybridized carbons (Fsp3) is 0.240. The van der Waals surface area contributed by atoms with Gasteiger partial charge in [0.25, 0.3) is 0 Å². The zero-order valence-electron chi connectivity index (χ0n) is 17.5. The summed E-state index contributed by atoms with van der Waals surface area (Å²) in [7, 11) is -3.79. The molecular formula is C25H25FN2O3S. The van der Waals surface area contributed by atoms with Gasteiger partial charge in [-0.2, -0.15) is 4.31 Å². The largest absolute Gasteiger partial charge is 0.345 e. The average molecular weight is 453 g/mol. The summed E-state index contributed by atoms with van der Waals surface area (Å²) in [5, 5.41) is 3.13. The van der Waals surface area contributed by atoms with Crippen molar-refractivity contribution >= 4 is 15.9 Å². The van der Waals surface area contributed by atoms with Crippen LogP contribution in [0.25, 0.3) is 0 Å². The van der Waals surface area contributed by atoms with Crippen LogP contribution in [0.5, 0.6) is 0 Å². The number of amides is 1. The monoisotopic (exact) mass is 452 g/mol. The first-order valence-electron chi connectivity index (χ1n) is 10.6. The zero-order chi connectivity index (χ0) is 22.6. The standard InChI is InChI=1S/C25H25FN2O3S/c26-22-13-15-23(16-14-22)32(30,31)28-17-7-12-21(18-28)25(29)27-24(19-8-3-1-4-9-19)20-10-5-2-6-11-20/h1-6,8-11,13-16,21,24H,7,12,17-18H2,(H,27,29). The lowest BCUT2D eigenvalue weighted by atomic mass is 9.95. The third kappa shape index (κ3) is 4.89. The van der Waals surface area contributed by atoms with Gasteiger partial charge in [-0.1, -0.05) is 60.7 Å². The Balaban J connectivity index is 1.52. The summed E-state index contributed by atoms with van der Waals surface area (Å²) in [5.74, 6) is -1.14. The SMILES string of the molecule is O=C(NC(c1ccccc1)c1ccccc1)C1CCCN(S(=O)(=O)c2ccc(F)cc2)C1. The summed E-state index contributed by atoms with van der Waals surface area (Å²) in [6, 6.07) is 23.9. The highest BCUT2D eigenvalue weighted by Gasteiger charge is 2.34. The summed E-state index contributed by atoms with van der Waals surface area (Å²) in [5.41, 5.74) is 1.91. The molecule has 4 rings (SSSR count). The van der Waals surface area contributed by atoms with E-state index in [2.05, 4.69) is 5.32 Å². The molecular weight excluding hydrogens is 427 g/mol. The molecule has 0 bridgehead atoms. The Morgan fingerprint density at radius 1 is 0.906 bits per heavy atom. The quantitative estimate of drug-likeness (QED) is 0.612. The lowest BCUT2D eigenvalue weighted by molar-refractivity contribution is -0.126. The van der Waals surface area contributed by atoms with E-state index in [1.54, 1.807) is 0 Å². The number of piperidine rings is 1. The van der Waals surface area contributed by atoms with Crippen molar-refractivity contribution in [2.45, 2.75) is 23.8 Å². The topological polar surface area (TPSA) is 66.5 Å². The van der Waals surface area contributed by atoms with E-state index in [1.807, 2.05) is 60.7 Å². The molecule has 3 aromatic rings. The summed E-state index contributed by atoms with van der Waals surface area (Å²) in [6.07, 6.45) is 1.19. The van der Waals surface area contributed by atoms with Gasteiger partial charge in [0.05, 0.1) is 16.9 Å². The summed E-state index contributed by atoms with van der Waals surface area (Å²) < 4.78 is 40.6. The number of nitrogens with zero attached hydrogens (tertiary/aromatic N) is 1. The molecule has 1 fully saturated rings. The first-order chi connectivity index (χ1) is 15.4. The van der Waals surface area contributed by atoms with E-state index in [0.717, 1.165) is 23.3 Å². The van der Waals surface area contributed by atoms with Crippen LogP contribution in [-0.4, -0.2) is 31.7 Å². The van der Waals surface area contributed by atoms with Gasteiger partial charge in [0.1, 0.15) is 5.82 Å². The van der Waals surface area contributed by atoms with Crippen molar-refractivity contribution < 1.29 is 17.6 Å². The summed E-state index contributed by atoms with van der Waals surface area (Å²) in [4.78, 5) is 13.3. The Labute approximate surface area is 187 Å². The molecule has 0 spiro atoms. The molecule has 1 aliphatic heterocycles. The van der Waals surface area contributed by atoms with Crippen LogP contribution in [0.2, 0.25) is 0 Å². The number of hydrogen-bond donors (Lipinski definition) is 1. The van der Waals surface area contributed by atoms with E-state index < -0.39 is 21.8 Å². The lowest BCUT2D eigenvalue weighted by Gasteiger charge is -2.32. The predicted octanol–water partition coefficient (Wildman–Crippen LogP) is 4.13. The Kier molecular flexibility index (Phi) is 6.67. The second-order valence-corrected chi connectivity index (χ2v) is 9.86. The molecule has 1 amide bonds. The summed E-state index contributed by atoms with van der Waals surface area (Å²) >= 11 is 0. The number of rotatable bonds is 6. The van der Waals surface area contributed by atoms with Crippen molar-refractivity contribution in [3.63, 3.8) is 0 Å². The van der Waals surface area contributed by atoms with Gasteiger partial charge in [0.15, 0.2) is 0 Å². The van der Waals surface area contributed by atoms with Crippen LogP contribution >= 0.6 is 0 Å². The minimum atomic E-state index is -3.79. The Morgan fingerprint density at radius 2 is 1.47 bits per heavy atom. The van der Waals surface area contributed by atoms with Crippen molar-refractivity contribution in [1.82, 2.24) is 9.62 Å². The van der Waals surface area contributed by atoms with E-state index in [-0.39, 0.29) is 23.4 Å². The molecule has 5 nitrogen and oxygen atoms in total. The number of nitrogens with one attached hydrogen (secondary N) is 1. The van der Waals surface area contributed by atoms with Crippen molar-refractivity contribution in [2.75, 3.05) is 13.1 Å². The smallest absolute Gasteiger partial charge is 0.243 e. The highest BCUT2D eigenvalue weighted by Crippen LogP contribution is 2.27. The molecule has 1 unspecified atom stereocenters. The van der Waals surface area contributed by atoms with Gasteiger partial charge in [-0.3, -0.25) is 4.79 Å². The molecule has 0 aromatic heterocycles. The zero-order valence-corrected chi connectivity index (χ0v) is 18.3.